The molecule has 2 N–H and O–H groups in total. The maximum absolute atomic E-state index is 12.2. The largest absolute Gasteiger partial charge is 0.497 e. The molecule has 0 atom stereocenters. The first-order valence-corrected chi connectivity index (χ1v) is 9.75. The van der Waals surface area contributed by atoms with Gasteiger partial charge < -0.3 is 4.74 Å². The molecule has 0 aliphatic rings. The van der Waals surface area contributed by atoms with Crippen molar-refractivity contribution in [3.05, 3.63) is 65.7 Å². The average molecular weight is 406 g/mol. The zero-order chi connectivity index (χ0) is 20.6. The summed E-state index contributed by atoms with van der Waals surface area (Å²) in [6, 6.07) is 18.3. The number of carbonyl (C=O) groups excluding carboxylic acids is 1. The van der Waals surface area contributed by atoms with Crippen molar-refractivity contribution >= 4 is 29.8 Å². The number of amides is 1. The van der Waals surface area contributed by atoms with Crippen LogP contribution in [0.25, 0.3) is 5.69 Å². The lowest BCUT2D eigenvalue weighted by Gasteiger charge is -2.06. The second-order valence-corrected chi connectivity index (χ2v) is 6.45. The molecule has 2 aromatic carbocycles. The number of nitrogens with one attached hydrogen (secondary N) is 2. The van der Waals surface area contributed by atoms with E-state index < -0.39 is 0 Å². The van der Waals surface area contributed by atoms with Crippen molar-refractivity contribution in [2.45, 2.75) is 5.03 Å². The van der Waals surface area contributed by atoms with Crippen LogP contribution in [-0.2, 0) is 0 Å². The number of hydrogen-bond donors (Lipinski definition) is 2. The molecule has 0 fully saturated rings. The number of thioether (sulfide) groups is 1. The SMILES string of the molecule is COc1cccc(C(=O)NN/C=N/c2c(C#N)c(SC)nn2-c2ccccc2)c1. The third-order valence-electron chi connectivity index (χ3n) is 3.90. The zero-order valence-corrected chi connectivity index (χ0v) is 16.6. The minimum Gasteiger partial charge on any atom is -0.497 e. The van der Waals surface area contributed by atoms with Crippen LogP contribution in [0.5, 0.6) is 5.75 Å². The van der Waals surface area contributed by atoms with Crippen LogP contribution >= 0.6 is 11.8 Å². The number of methoxy groups -OCH3 is 1. The van der Waals surface area contributed by atoms with E-state index in [1.165, 1.54) is 25.2 Å². The fraction of sp³-hybridized carbons (Fsp3) is 0.100. The fourth-order valence-electron chi connectivity index (χ4n) is 2.53. The number of benzene rings is 2. The molecule has 0 unspecified atom stereocenters. The number of aromatic nitrogens is 2. The van der Waals surface area contributed by atoms with E-state index in [1.54, 1.807) is 28.9 Å². The monoisotopic (exact) mass is 406 g/mol. The Kier molecular flexibility index (Phi) is 6.50. The summed E-state index contributed by atoms with van der Waals surface area (Å²) in [6.45, 7) is 0. The Morgan fingerprint density at radius 3 is 2.76 bits per heavy atom. The Labute approximate surface area is 172 Å². The number of para-hydroxylation sites is 1. The van der Waals surface area contributed by atoms with Gasteiger partial charge in [-0.05, 0) is 36.6 Å². The van der Waals surface area contributed by atoms with Crippen LogP contribution in [0.2, 0.25) is 0 Å². The van der Waals surface area contributed by atoms with Crippen molar-refractivity contribution in [3.63, 3.8) is 0 Å². The fourth-order valence-corrected chi connectivity index (χ4v) is 3.03. The summed E-state index contributed by atoms with van der Waals surface area (Å²) in [7, 11) is 1.54. The summed E-state index contributed by atoms with van der Waals surface area (Å²) < 4.78 is 6.70. The summed E-state index contributed by atoms with van der Waals surface area (Å²) >= 11 is 1.36. The quantitative estimate of drug-likeness (QED) is 0.270. The van der Waals surface area contributed by atoms with Crippen LogP contribution in [-0.4, -0.2) is 35.4 Å². The predicted molar refractivity (Wildman–Crippen MR) is 112 cm³/mol. The third-order valence-corrected chi connectivity index (χ3v) is 4.58. The number of aliphatic imine (C=N–C) groups is 1. The van der Waals surface area contributed by atoms with E-state index >= 15 is 0 Å². The molecule has 0 saturated heterocycles. The van der Waals surface area contributed by atoms with Gasteiger partial charge in [0, 0.05) is 5.56 Å². The van der Waals surface area contributed by atoms with Crippen LogP contribution in [0.15, 0.2) is 64.6 Å². The summed E-state index contributed by atoms with van der Waals surface area (Å²) in [5.41, 5.74) is 6.73. The highest BCUT2D eigenvalue weighted by Gasteiger charge is 2.17. The van der Waals surface area contributed by atoms with Gasteiger partial charge in [-0.15, -0.1) is 11.8 Å². The highest BCUT2D eigenvalue weighted by atomic mass is 32.2. The first-order valence-electron chi connectivity index (χ1n) is 8.53. The van der Waals surface area contributed by atoms with E-state index in [2.05, 4.69) is 27.0 Å². The Balaban J connectivity index is 1.78. The van der Waals surface area contributed by atoms with E-state index in [0.717, 1.165) is 5.69 Å². The Bertz CT molecular complexity index is 1070. The normalized spacial score (nSPS) is 10.5. The van der Waals surface area contributed by atoms with Crippen molar-refractivity contribution in [1.29, 1.82) is 5.26 Å². The number of carbonyl (C=O) groups is 1. The van der Waals surface area contributed by atoms with Crippen LogP contribution in [0.1, 0.15) is 15.9 Å². The molecule has 3 rings (SSSR count). The lowest BCUT2D eigenvalue weighted by molar-refractivity contribution is 0.0944. The molecule has 0 saturated carbocycles. The minimum absolute atomic E-state index is 0.350. The number of ether oxygens (including phenoxy) is 1. The van der Waals surface area contributed by atoms with Crippen molar-refractivity contribution < 1.29 is 9.53 Å². The van der Waals surface area contributed by atoms with Gasteiger partial charge in [-0.3, -0.25) is 15.6 Å². The van der Waals surface area contributed by atoms with Gasteiger partial charge in [0.2, 0.25) is 0 Å². The van der Waals surface area contributed by atoms with Gasteiger partial charge in [0.25, 0.3) is 5.91 Å². The summed E-state index contributed by atoms with van der Waals surface area (Å²) in [4.78, 5) is 16.5. The molecule has 0 spiro atoms. The van der Waals surface area contributed by atoms with E-state index in [1.807, 2.05) is 36.6 Å². The van der Waals surface area contributed by atoms with E-state index in [4.69, 9.17) is 4.74 Å². The van der Waals surface area contributed by atoms with Crippen LogP contribution < -0.4 is 15.6 Å². The first-order chi connectivity index (χ1) is 14.2. The molecule has 0 bridgehead atoms. The lowest BCUT2D eigenvalue weighted by atomic mass is 10.2. The van der Waals surface area contributed by atoms with Gasteiger partial charge in [-0.25, -0.2) is 9.67 Å². The first kappa shape index (κ1) is 20.0. The molecule has 29 heavy (non-hydrogen) atoms. The molecule has 8 nitrogen and oxygen atoms in total. The highest BCUT2D eigenvalue weighted by Crippen LogP contribution is 2.30. The predicted octanol–water partition coefficient (Wildman–Crippen LogP) is 3.07. The topological polar surface area (TPSA) is 104 Å². The molecule has 146 valence electrons. The van der Waals surface area contributed by atoms with Gasteiger partial charge in [0.05, 0.1) is 12.8 Å². The van der Waals surface area contributed by atoms with E-state index in [9.17, 15) is 10.1 Å². The van der Waals surface area contributed by atoms with Crippen molar-refractivity contribution in [1.82, 2.24) is 20.6 Å². The Hall–Kier alpha value is -3.77. The van der Waals surface area contributed by atoms with Crippen LogP contribution in [0.4, 0.5) is 5.82 Å². The number of rotatable bonds is 7. The van der Waals surface area contributed by atoms with Gasteiger partial charge in [-0.1, -0.05) is 24.3 Å². The molecule has 1 heterocycles. The van der Waals surface area contributed by atoms with Gasteiger partial charge >= 0.3 is 0 Å². The smallest absolute Gasteiger partial charge is 0.269 e. The molecule has 0 radical (unpaired) electrons. The van der Waals surface area contributed by atoms with Gasteiger partial charge in [0.15, 0.2) is 5.82 Å². The number of nitrogens with zero attached hydrogens (tertiary/aromatic N) is 4. The van der Waals surface area contributed by atoms with Crippen molar-refractivity contribution in [3.8, 4) is 17.5 Å². The van der Waals surface area contributed by atoms with Crippen molar-refractivity contribution in [2.75, 3.05) is 13.4 Å². The standard InChI is InChI=1S/C20H18N6O2S/c1-28-16-10-6-7-14(11-16)19(27)24-23-13-22-18-17(12-21)20(29-2)25-26(18)15-8-4-3-5-9-15/h3-11,13H,1-2H3,(H,22,23)(H,24,27). The molecular formula is C20H18N6O2S. The molecular weight excluding hydrogens is 388 g/mol. The average Bonchev–Trinajstić information content (AvgIpc) is 3.14. The van der Waals surface area contributed by atoms with Gasteiger partial charge in [0.1, 0.15) is 28.7 Å². The summed E-state index contributed by atoms with van der Waals surface area (Å²) in [5, 5.41) is 14.6. The number of hydrogen-bond acceptors (Lipinski definition) is 6. The summed E-state index contributed by atoms with van der Waals surface area (Å²) in [6.07, 6.45) is 3.15. The second kappa shape index (κ2) is 9.43. The molecule has 3 aromatic rings. The maximum atomic E-state index is 12.2. The van der Waals surface area contributed by atoms with Gasteiger partial charge in [-0.2, -0.15) is 10.4 Å². The molecule has 1 amide bonds. The molecule has 0 aliphatic carbocycles. The zero-order valence-electron chi connectivity index (χ0n) is 15.8. The third kappa shape index (κ3) is 4.56. The second-order valence-electron chi connectivity index (χ2n) is 5.66. The lowest BCUT2D eigenvalue weighted by Crippen LogP contribution is -2.36. The van der Waals surface area contributed by atoms with Crippen LogP contribution in [0.3, 0.4) is 0 Å². The van der Waals surface area contributed by atoms with E-state index in [-0.39, 0.29) is 5.91 Å². The number of hydrazine groups is 1. The minimum atomic E-state index is -0.350. The molecule has 9 heteroatoms. The van der Waals surface area contributed by atoms with Crippen molar-refractivity contribution in [2.24, 2.45) is 4.99 Å². The number of nitriles is 1. The van der Waals surface area contributed by atoms with Crippen LogP contribution in [0, 0.1) is 11.3 Å². The Morgan fingerprint density at radius 1 is 1.28 bits per heavy atom. The van der Waals surface area contributed by atoms with E-state index in [0.29, 0.717) is 27.7 Å². The molecule has 1 aromatic heterocycles. The maximum Gasteiger partial charge on any atom is 0.269 e. The Morgan fingerprint density at radius 2 is 2.07 bits per heavy atom. The molecule has 0 aliphatic heterocycles. The summed E-state index contributed by atoms with van der Waals surface area (Å²) in [5.74, 6) is 0.602. The highest BCUT2D eigenvalue weighted by molar-refractivity contribution is 7.98.